The minimum Gasteiger partial charge on any atom is -0.423 e. The molecular weight excluding hydrogens is 1550 g/mol. The van der Waals surface area contributed by atoms with Crippen LogP contribution in [0, 0.1) is 0 Å². The Balaban J connectivity index is 0.000000101. The highest BCUT2D eigenvalue weighted by molar-refractivity contribution is 6.95. The summed E-state index contributed by atoms with van der Waals surface area (Å²) in [6.07, 6.45) is 75.4. The van der Waals surface area contributed by atoms with Crippen LogP contribution >= 0.6 is 0 Å². The van der Waals surface area contributed by atoms with E-state index in [0.29, 0.717) is 5.82 Å². The van der Waals surface area contributed by atoms with Gasteiger partial charge in [0.1, 0.15) is 5.52 Å². The summed E-state index contributed by atoms with van der Waals surface area (Å²) in [6.45, 7) is 0.372. The molecule has 15 aliphatic rings. The van der Waals surface area contributed by atoms with E-state index in [0.717, 1.165) is 106 Å². The number of nitrogens with zero attached hydrogens (tertiary/aromatic N) is 24. The van der Waals surface area contributed by atoms with E-state index in [1.807, 2.05) is 48.7 Å². The highest BCUT2D eigenvalue weighted by Crippen LogP contribution is 2.40. The molecule has 126 heavy (non-hydrogen) atoms. The third-order valence-corrected chi connectivity index (χ3v) is 26.3. The van der Waals surface area contributed by atoms with Crippen molar-refractivity contribution in [3.05, 3.63) is 431 Å². The van der Waals surface area contributed by atoms with E-state index in [4.69, 9.17) is 24.9 Å². The minimum absolute atomic E-state index is 0.0210. The van der Waals surface area contributed by atoms with E-state index < -0.39 is 0 Å². The summed E-state index contributed by atoms with van der Waals surface area (Å²) in [7, 11) is 0. The Kier molecular flexibility index (Phi) is 16.5. The number of para-hydroxylation sites is 9. The number of imidazole rings is 6. The fourth-order valence-electron chi connectivity index (χ4n) is 20.8. The van der Waals surface area contributed by atoms with Gasteiger partial charge in [-0.2, -0.15) is 4.98 Å². The van der Waals surface area contributed by atoms with E-state index in [-0.39, 0.29) is 83.8 Å². The zero-order chi connectivity index (χ0) is 82.6. The minimum atomic E-state index is -0.0865. The van der Waals surface area contributed by atoms with Crippen LogP contribution in [-0.4, -0.2) is 197 Å². The molecule has 0 atom stereocenters. The summed E-state index contributed by atoms with van der Waals surface area (Å²) in [5.74, 6) is 30.8. The Morgan fingerprint density at radius 2 is 0.556 bits per heavy atom. The summed E-state index contributed by atoms with van der Waals surface area (Å²) in [5.41, 5.74) is 16.3. The summed E-state index contributed by atoms with van der Waals surface area (Å²) >= 11 is 0. The van der Waals surface area contributed by atoms with Gasteiger partial charge in [0.25, 0.3) is 0 Å². The van der Waals surface area contributed by atoms with E-state index in [1.54, 1.807) is 6.20 Å². The molecule has 28 rings (SSSR count). The number of pyridine rings is 1. The third kappa shape index (κ3) is 11.2. The monoisotopic (exact) mass is 1620 g/mol. The fraction of sp³-hybridized carbons (Fsp3) is 0. The van der Waals surface area contributed by atoms with Gasteiger partial charge in [0.2, 0.25) is 17.3 Å². The lowest BCUT2D eigenvalue weighted by Crippen LogP contribution is -2.73. The molecule has 13 aromatic rings. The molecule has 24 nitrogen and oxygen atoms in total. The predicted molar refractivity (Wildman–Crippen MR) is 519 cm³/mol. The van der Waals surface area contributed by atoms with Gasteiger partial charge in [0.15, 0.2) is 17.1 Å². The normalized spacial score (nSPS) is 18.7. The summed E-state index contributed by atoms with van der Waals surface area (Å²) < 4.78 is 42.5. The van der Waals surface area contributed by atoms with Gasteiger partial charge < -0.3 is 56.7 Å². The van der Waals surface area contributed by atoms with Crippen LogP contribution in [0.25, 0.3) is 106 Å². The number of fused-ring (bicyclic) bond motifs is 39. The molecule has 3 saturated heterocycles. The molecule has 8 aromatic heterocycles. The molecule has 0 saturated carbocycles. The van der Waals surface area contributed by atoms with Crippen molar-refractivity contribution in [2.45, 2.75) is 0 Å². The first kappa shape index (κ1) is 72.0. The molecule has 586 valence electrons. The second-order valence-electron chi connectivity index (χ2n) is 32.9. The Labute approximate surface area is 730 Å². The van der Waals surface area contributed by atoms with Crippen molar-refractivity contribution in [1.29, 1.82) is 0 Å². The largest absolute Gasteiger partial charge is 0.423 e. The van der Waals surface area contributed by atoms with Gasteiger partial charge in [-0.3, -0.25) is 26.9 Å². The van der Waals surface area contributed by atoms with Crippen molar-refractivity contribution in [2.75, 3.05) is 0 Å². The molecule has 0 aliphatic carbocycles. The number of benzene rings is 5. The average Bonchev–Trinajstić information content (AvgIpc) is 1.60. The first-order valence-electron chi connectivity index (χ1n) is 43.0. The lowest BCUT2D eigenvalue weighted by atomic mass is 9.41. The fourth-order valence-corrected chi connectivity index (χ4v) is 20.8. The van der Waals surface area contributed by atoms with Crippen LogP contribution in [0.1, 0.15) is 5.82 Å². The first-order chi connectivity index (χ1) is 62.6. The van der Waals surface area contributed by atoms with Gasteiger partial charge in [0, 0.05) is 23.2 Å². The Morgan fingerprint density at radius 1 is 0.230 bits per heavy atom. The summed E-state index contributed by atoms with van der Waals surface area (Å²) in [6, 6.07) is 48.1. The van der Waals surface area contributed by atoms with Crippen LogP contribution in [0.15, 0.2) is 426 Å². The smallest absolute Gasteiger partial charge is 0.382 e. The van der Waals surface area contributed by atoms with Gasteiger partial charge in [0.05, 0.1) is 61.5 Å². The lowest BCUT2D eigenvalue weighted by molar-refractivity contribution is 0.621. The molecule has 23 heterocycles. The van der Waals surface area contributed by atoms with Gasteiger partial charge >= 0.3 is 83.8 Å². The van der Waals surface area contributed by atoms with Crippen LogP contribution in [0.3, 0.4) is 0 Å². The maximum Gasteiger partial charge on any atom is 0.382 e. The second-order valence-corrected chi connectivity index (χ2v) is 32.9. The number of allylic oxidation sites excluding steroid dienone is 24. The zero-order valence-corrected chi connectivity index (χ0v) is 68.1. The van der Waals surface area contributed by atoms with Crippen LogP contribution in [0.5, 0.6) is 0 Å². The molecule has 0 bridgehead atoms. The van der Waals surface area contributed by atoms with Crippen LogP contribution in [0.2, 0.25) is 0 Å². The maximum absolute atomic E-state index is 5.26. The highest BCUT2D eigenvalue weighted by Gasteiger charge is 2.54. The Morgan fingerprint density at radius 3 is 0.984 bits per heavy atom. The Bertz CT molecular complexity index is 7210. The van der Waals surface area contributed by atoms with E-state index >= 15 is 0 Å². The maximum atomic E-state index is 5.26. The highest BCUT2D eigenvalue weighted by atomic mass is 15.4. The van der Waals surface area contributed by atoms with Crippen molar-refractivity contribution < 1.29 is 0 Å². The van der Waals surface area contributed by atoms with Crippen molar-refractivity contribution >= 4 is 185 Å². The van der Waals surface area contributed by atoms with Crippen molar-refractivity contribution in [3.8, 4) is 5.69 Å². The van der Waals surface area contributed by atoms with Gasteiger partial charge in [-0.15, -0.1) is 0 Å². The van der Waals surface area contributed by atoms with Crippen LogP contribution in [-0.2, 0) is 0 Å². The molecule has 5 aromatic carbocycles. The van der Waals surface area contributed by atoms with Crippen molar-refractivity contribution in [3.63, 3.8) is 0 Å². The summed E-state index contributed by atoms with van der Waals surface area (Å²) in [4.78, 5) is 29.9. The van der Waals surface area contributed by atoms with Gasteiger partial charge in [-0.1, -0.05) is 181 Å². The molecule has 0 unspecified atom stereocenters. The van der Waals surface area contributed by atoms with Crippen molar-refractivity contribution in [1.82, 2.24) is 113 Å². The van der Waals surface area contributed by atoms with E-state index in [9.17, 15) is 0 Å². The second kappa shape index (κ2) is 29.0. The molecule has 0 N–H and O–H groups in total. The summed E-state index contributed by atoms with van der Waals surface area (Å²) in [5, 5.41) is 0. The molecule has 0 spiro atoms. The number of hydrogen-bond donors (Lipinski definition) is 0. The van der Waals surface area contributed by atoms with E-state index in [2.05, 4.69) is 459 Å². The van der Waals surface area contributed by atoms with Gasteiger partial charge in [-0.05, 0) is 232 Å². The topological polar surface area (TPSA) is 144 Å². The van der Waals surface area contributed by atoms with E-state index in [1.165, 1.54) is 0 Å². The first-order valence-corrected chi connectivity index (χ1v) is 43.0. The molecular formula is C90H70B12N24. The standard InChI is InChI=1S/C33H25B4N9.C29H23B4N7.C28H22B4N8/c1-2-12-27(13-3-1)45-32-30(46-29-15-5-4-14-28(29)39-33(45)46)25-38-31(40-32)26-16-23-44-36-19-7-10-21-42(36)34-17-6-9-20-41(34)35-18-8-11-22-43(35)37(44)24-26;1-2-12-26-25(11-1)34-29-39(27-13-3-4-14-28(27)40(26)29)24-15-22-38-32-18-6-9-20-36(32)30-16-5-8-19-35(30)31-17-7-10-21-37(31)33(38)23-24;1-2-11-25-24(10-1)39(28-34-27-26(40(25)28)12-9-17-33-27)23-13-21-38-31-16-4-7-19-36(31)29-14-3-6-18-35(29)30-15-5-8-20-37(30)32(38)22-23/h1-25H;1-23H;1-22H. The number of rotatable bonds is 4. The molecule has 0 radical (unpaired) electrons. The molecule has 15 aliphatic heterocycles. The molecule has 36 heteroatoms. The van der Waals surface area contributed by atoms with Crippen LogP contribution < -0.4 is 0 Å². The van der Waals surface area contributed by atoms with Crippen LogP contribution in [0.4, 0.5) is 0 Å². The zero-order valence-electron chi connectivity index (χ0n) is 68.1. The Hall–Kier alpha value is -15.7. The number of hydrogen-bond acceptors (Lipinski definition) is 18. The predicted octanol–water partition coefficient (Wildman–Crippen LogP) is 12.9. The lowest BCUT2D eigenvalue weighted by Gasteiger charge is -2.53. The average molecular weight is 1620 g/mol. The van der Waals surface area contributed by atoms with Crippen molar-refractivity contribution in [2.24, 2.45) is 0 Å². The third-order valence-electron chi connectivity index (χ3n) is 26.3. The molecule has 3 fully saturated rings. The number of aromatic nitrogens is 12. The van der Waals surface area contributed by atoms with Gasteiger partial charge in [-0.25, -0.2) is 24.9 Å². The molecule has 0 amide bonds. The quantitative estimate of drug-likeness (QED) is 0.154. The SMILES string of the molecule is C1=CB2N(C=C1)B1C=CC=CN1B1C=C(c3ncc4c(n3)n(-c3ccccc3)c3nc5ccccc5n43)C=CN1B1C=CC=CN21.C1=CB2N(C=C1)B1C=CC=CN1B1C=C(n3c4ccccc4n4c5ccccc5nc34)C=CN1B1C=CC=CN21.C1=CB2N(C=C1)B1C=CC=CN1B1C=C(n3c4ccccc4n4c5cccnc5nc34)C=CN1B1C=CC=CN21.